The summed E-state index contributed by atoms with van der Waals surface area (Å²) in [5, 5.41) is 0.893. The van der Waals surface area contributed by atoms with Crippen LogP contribution in [0.25, 0.3) is 16.5 Å². The lowest BCUT2D eigenvalue weighted by Crippen LogP contribution is -2.04. The van der Waals surface area contributed by atoms with E-state index in [4.69, 9.17) is 9.47 Å². The van der Waals surface area contributed by atoms with Gasteiger partial charge in [-0.2, -0.15) is 0 Å². The average molecular weight is 322 g/mol. The number of hydrogen-bond donors (Lipinski definition) is 0. The highest BCUT2D eigenvalue weighted by Crippen LogP contribution is 2.32. The molecule has 1 heterocycles. The summed E-state index contributed by atoms with van der Waals surface area (Å²) in [6, 6.07) is 7.39. The van der Waals surface area contributed by atoms with Gasteiger partial charge in [-0.25, -0.2) is 9.78 Å². The molecule has 98 valence electrons. The molecule has 1 aromatic heterocycles. The number of pyridine rings is 1. The Labute approximate surface area is 119 Å². The summed E-state index contributed by atoms with van der Waals surface area (Å²) in [5.74, 6) is -0.0117. The lowest BCUT2D eigenvalue weighted by atomic mass is 10.0. The monoisotopic (exact) mass is 321 g/mol. The maximum atomic E-state index is 11.7. The average Bonchev–Trinajstić information content (AvgIpc) is 2.44. The molecule has 0 atom stereocenters. The lowest BCUT2D eigenvalue weighted by Gasteiger charge is -2.10. The molecule has 19 heavy (non-hydrogen) atoms. The van der Waals surface area contributed by atoms with Gasteiger partial charge in [-0.3, -0.25) is 0 Å². The molecule has 2 aromatic rings. The summed E-state index contributed by atoms with van der Waals surface area (Å²) in [4.78, 5) is 16.0. The number of esters is 1. The van der Waals surface area contributed by atoms with E-state index in [0.29, 0.717) is 17.0 Å². The zero-order valence-corrected chi connectivity index (χ0v) is 12.2. The third kappa shape index (κ3) is 2.46. The maximum absolute atomic E-state index is 11.7. The standard InChI is InChI=1S/C14H12BrNO3/c1-8(14(17)19-3)12-10(15)6-4-9-5-7-11(18-2)16-13(9)12/h4-7H,1H2,2-3H3. The van der Waals surface area contributed by atoms with Gasteiger partial charge in [-0.1, -0.05) is 28.6 Å². The number of ether oxygens (including phenoxy) is 2. The smallest absolute Gasteiger partial charge is 0.337 e. The van der Waals surface area contributed by atoms with Crippen LogP contribution in [0, 0.1) is 0 Å². The van der Waals surface area contributed by atoms with E-state index < -0.39 is 5.97 Å². The largest absolute Gasteiger partial charge is 0.481 e. The first-order valence-electron chi connectivity index (χ1n) is 5.49. The maximum Gasteiger partial charge on any atom is 0.337 e. The second-order valence-corrected chi connectivity index (χ2v) is 4.67. The number of nitrogens with zero attached hydrogens (tertiary/aromatic N) is 1. The number of aromatic nitrogens is 1. The molecule has 0 N–H and O–H groups in total. The van der Waals surface area contributed by atoms with Gasteiger partial charge in [-0.15, -0.1) is 0 Å². The van der Waals surface area contributed by atoms with Crippen molar-refractivity contribution in [1.29, 1.82) is 0 Å². The van der Waals surface area contributed by atoms with Crippen molar-refractivity contribution in [3.63, 3.8) is 0 Å². The van der Waals surface area contributed by atoms with Gasteiger partial charge in [0.2, 0.25) is 5.88 Å². The minimum Gasteiger partial charge on any atom is -0.481 e. The van der Waals surface area contributed by atoms with Crippen LogP contribution in [-0.2, 0) is 9.53 Å². The van der Waals surface area contributed by atoms with Crippen molar-refractivity contribution in [3.05, 3.63) is 40.9 Å². The number of hydrogen-bond acceptors (Lipinski definition) is 4. The zero-order chi connectivity index (χ0) is 14.0. The first-order valence-corrected chi connectivity index (χ1v) is 6.28. The molecule has 0 unspecified atom stereocenters. The SMILES string of the molecule is C=C(C(=O)OC)c1c(Br)ccc2ccc(OC)nc12. The molecule has 0 saturated carbocycles. The first kappa shape index (κ1) is 13.5. The summed E-state index contributed by atoms with van der Waals surface area (Å²) >= 11 is 3.41. The Morgan fingerprint density at radius 2 is 1.95 bits per heavy atom. The van der Waals surface area contributed by atoms with Crippen LogP contribution in [0.1, 0.15) is 5.56 Å². The van der Waals surface area contributed by atoms with E-state index in [1.165, 1.54) is 7.11 Å². The second-order valence-electron chi connectivity index (χ2n) is 3.82. The van der Waals surface area contributed by atoms with Gasteiger partial charge in [0.05, 0.1) is 25.3 Å². The third-order valence-corrected chi connectivity index (χ3v) is 3.39. The molecular formula is C14H12BrNO3. The van der Waals surface area contributed by atoms with E-state index in [9.17, 15) is 4.79 Å². The van der Waals surface area contributed by atoms with Crippen LogP contribution in [-0.4, -0.2) is 25.2 Å². The van der Waals surface area contributed by atoms with E-state index in [0.717, 1.165) is 9.86 Å². The minimum atomic E-state index is -0.488. The number of fused-ring (bicyclic) bond motifs is 1. The van der Waals surface area contributed by atoms with Gasteiger partial charge in [0.25, 0.3) is 0 Å². The summed E-state index contributed by atoms with van der Waals surface area (Å²) in [7, 11) is 2.86. The molecule has 5 heteroatoms. The molecule has 2 rings (SSSR count). The number of carbonyl (C=O) groups is 1. The van der Waals surface area contributed by atoms with Gasteiger partial charge in [0.1, 0.15) is 0 Å². The van der Waals surface area contributed by atoms with Crippen molar-refractivity contribution >= 4 is 38.4 Å². The van der Waals surface area contributed by atoms with E-state index in [1.54, 1.807) is 13.2 Å². The highest BCUT2D eigenvalue weighted by Gasteiger charge is 2.17. The van der Waals surface area contributed by atoms with Gasteiger partial charge < -0.3 is 9.47 Å². The van der Waals surface area contributed by atoms with Crippen molar-refractivity contribution < 1.29 is 14.3 Å². The van der Waals surface area contributed by atoms with E-state index >= 15 is 0 Å². The molecule has 0 aliphatic carbocycles. The Morgan fingerprint density at radius 1 is 1.26 bits per heavy atom. The van der Waals surface area contributed by atoms with Crippen LogP contribution in [0.4, 0.5) is 0 Å². The summed E-state index contributed by atoms with van der Waals surface area (Å²) in [6.07, 6.45) is 0. The first-order chi connectivity index (χ1) is 9.08. The molecule has 0 saturated heterocycles. The lowest BCUT2D eigenvalue weighted by molar-refractivity contribution is -0.133. The number of carbonyl (C=O) groups excluding carboxylic acids is 1. The summed E-state index contributed by atoms with van der Waals surface area (Å²) in [5.41, 5.74) is 1.51. The molecule has 0 spiro atoms. The van der Waals surface area contributed by atoms with Crippen LogP contribution in [0.15, 0.2) is 35.3 Å². The third-order valence-electron chi connectivity index (χ3n) is 2.73. The number of benzene rings is 1. The van der Waals surface area contributed by atoms with Crippen LogP contribution in [0.2, 0.25) is 0 Å². The summed E-state index contributed by atoms with van der Waals surface area (Å²) in [6.45, 7) is 3.78. The fraction of sp³-hybridized carbons (Fsp3) is 0.143. The molecule has 0 amide bonds. The van der Waals surface area contributed by atoms with E-state index in [2.05, 4.69) is 27.5 Å². The Bertz CT molecular complexity index is 667. The van der Waals surface area contributed by atoms with Crippen LogP contribution >= 0.6 is 15.9 Å². The second kappa shape index (κ2) is 5.40. The molecule has 0 radical (unpaired) electrons. The highest BCUT2D eigenvalue weighted by molar-refractivity contribution is 9.10. The van der Waals surface area contributed by atoms with Gasteiger partial charge in [0, 0.05) is 21.5 Å². The minimum absolute atomic E-state index is 0.251. The predicted molar refractivity (Wildman–Crippen MR) is 77.0 cm³/mol. The normalized spacial score (nSPS) is 10.3. The molecule has 4 nitrogen and oxygen atoms in total. The Balaban J connectivity index is 2.73. The van der Waals surface area contributed by atoms with E-state index in [1.807, 2.05) is 18.2 Å². The Morgan fingerprint density at radius 3 is 2.58 bits per heavy atom. The van der Waals surface area contributed by atoms with Crippen molar-refractivity contribution in [2.75, 3.05) is 14.2 Å². The van der Waals surface area contributed by atoms with Crippen LogP contribution in [0.3, 0.4) is 0 Å². The topological polar surface area (TPSA) is 48.4 Å². The molecule has 0 aliphatic heterocycles. The highest BCUT2D eigenvalue weighted by atomic mass is 79.9. The Hall–Kier alpha value is -1.88. The Kier molecular flexibility index (Phi) is 3.85. The van der Waals surface area contributed by atoms with Crippen LogP contribution < -0.4 is 4.74 Å². The molecule has 0 fully saturated rings. The van der Waals surface area contributed by atoms with Crippen molar-refractivity contribution in [2.45, 2.75) is 0 Å². The fourth-order valence-electron chi connectivity index (χ4n) is 1.77. The number of methoxy groups -OCH3 is 2. The van der Waals surface area contributed by atoms with Crippen molar-refractivity contribution in [1.82, 2.24) is 4.98 Å². The zero-order valence-electron chi connectivity index (χ0n) is 10.6. The molecule has 0 aliphatic rings. The van der Waals surface area contributed by atoms with Crippen LogP contribution in [0.5, 0.6) is 5.88 Å². The summed E-state index contributed by atoms with van der Waals surface area (Å²) < 4.78 is 10.6. The van der Waals surface area contributed by atoms with Gasteiger partial charge in [-0.05, 0) is 12.1 Å². The quantitative estimate of drug-likeness (QED) is 0.643. The predicted octanol–water partition coefficient (Wildman–Crippen LogP) is 3.19. The van der Waals surface area contributed by atoms with Crippen molar-refractivity contribution in [2.24, 2.45) is 0 Å². The fourth-order valence-corrected chi connectivity index (χ4v) is 2.33. The van der Waals surface area contributed by atoms with Gasteiger partial charge in [0.15, 0.2) is 0 Å². The molecule has 1 aromatic carbocycles. The molecular weight excluding hydrogens is 310 g/mol. The van der Waals surface area contributed by atoms with Crippen molar-refractivity contribution in [3.8, 4) is 5.88 Å². The van der Waals surface area contributed by atoms with Gasteiger partial charge >= 0.3 is 5.97 Å². The molecule has 0 bridgehead atoms. The number of rotatable bonds is 3. The number of halogens is 1. The van der Waals surface area contributed by atoms with E-state index in [-0.39, 0.29) is 5.57 Å².